The Morgan fingerprint density at radius 1 is 0.955 bits per heavy atom. The number of rotatable bonds is 3. The van der Waals surface area contributed by atoms with Crippen LogP contribution in [0.15, 0.2) is 54.6 Å². The molecular formula is C16H14N6. The van der Waals surface area contributed by atoms with E-state index in [1.807, 2.05) is 42.5 Å². The lowest BCUT2D eigenvalue weighted by Crippen LogP contribution is -2.10. The van der Waals surface area contributed by atoms with Crippen molar-refractivity contribution in [2.75, 3.05) is 5.32 Å². The Kier molecular flexibility index (Phi) is 2.93. The molecule has 0 bridgehead atoms. The molecule has 0 aliphatic rings. The monoisotopic (exact) mass is 290 g/mol. The molecule has 0 fully saturated rings. The van der Waals surface area contributed by atoms with E-state index in [1.54, 1.807) is 0 Å². The Morgan fingerprint density at radius 3 is 2.50 bits per heavy atom. The summed E-state index contributed by atoms with van der Waals surface area (Å²) in [5.74, 6) is 0.770. The Balaban J connectivity index is 1.83. The smallest absolute Gasteiger partial charge is 0.207 e. The van der Waals surface area contributed by atoms with Crippen LogP contribution >= 0.6 is 0 Å². The third-order valence-electron chi connectivity index (χ3n) is 3.72. The van der Waals surface area contributed by atoms with Crippen molar-refractivity contribution in [3.05, 3.63) is 60.2 Å². The fourth-order valence-corrected chi connectivity index (χ4v) is 2.58. The maximum Gasteiger partial charge on any atom is 0.207 e. The minimum absolute atomic E-state index is 0.131. The lowest BCUT2D eigenvalue weighted by molar-refractivity contribution is 0.731. The number of nitrogens with zero attached hydrogens (tertiary/aromatic N) is 5. The molecule has 4 aromatic rings. The molecule has 0 saturated heterocycles. The summed E-state index contributed by atoms with van der Waals surface area (Å²) in [5.41, 5.74) is 1.86. The first-order chi connectivity index (χ1) is 10.8. The van der Waals surface area contributed by atoms with Crippen LogP contribution in [0, 0.1) is 0 Å². The van der Waals surface area contributed by atoms with Crippen molar-refractivity contribution in [2.24, 2.45) is 0 Å². The molecule has 108 valence electrons. The fraction of sp³-hybridized carbons (Fsp3) is 0.125. The van der Waals surface area contributed by atoms with E-state index in [-0.39, 0.29) is 6.04 Å². The Morgan fingerprint density at radius 2 is 1.68 bits per heavy atom. The van der Waals surface area contributed by atoms with Crippen LogP contribution in [-0.4, -0.2) is 25.3 Å². The molecule has 6 nitrogen and oxygen atoms in total. The molecule has 1 atom stereocenters. The number of benzene rings is 2. The highest BCUT2D eigenvalue weighted by atomic mass is 15.6. The molecule has 4 rings (SSSR count). The average Bonchev–Trinajstić information content (AvgIpc) is 3.04. The number of nitrogens with one attached hydrogen (secondary N) is 1. The van der Waals surface area contributed by atoms with Gasteiger partial charge >= 0.3 is 0 Å². The van der Waals surface area contributed by atoms with Crippen LogP contribution in [0.3, 0.4) is 0 Å². The van der Waals surface area contributed by atoms with Gasteiger partial charge in [-0.15, -0.1) is 14.8 Å². The molecule has 2 aromatic carbocycles. The first-order valence-electron chi connectivity index (χ1n) is 7.11. The SMILES string of the molecule is C[C@@H](Nc1nn2nnnc2c2ccccc12)c1ccccc1. The van der Waals surface area contributed by atoms with Gasteiger partial charge in [0.25, 0.3) is 0 Å². The molecule has 1 N–H and O–H groups in total. The van der Waals surface area contributed by atoms with Gasteiger partial charge in [0.05, 0.1) is 6.04 Å². The molecule has 0 saturated carbocycles. The number of hydrogen-bond donors (Lipinski definition) is 1. The summed E-state index contributed by atoms with van der Waals surface area (Å²) in [5, 5.41) is 21.6. The third kappa shape index (κ3) is 2.05. The van der Waals surface area contributed by atoms with Crippen LogP contribution in [0.1, 0.15) is 18.5 Å². The first kappa shape index (κ1) is 12.7. The van der Waals surface area contributed by atoms with Gasteiger partial charge in [0, 0.05) is 10.8 Å². The Bertz CT molecular complexity index is 931. The van der Waals surface area contributed by atoms with E-state index in [2.05, 4.69) is 45.0 Å². The average molecular weight is 290 g/mol. The van der Waals surface area contributed by atoms with Crippen LogP contribution in [0.4, 0.5) is 5.82 Å². The van der Waals surface area contributed by atoms with Crippen molar-refractivity contribution in [3.8, 4) is 0 Å². The lowest BCUT2D eigenvalue weighted by Gasteiger charge is -2.16. The van der Waals surface area contributed by atoms with E-state index in [0.29, 0.717) is 5.65 Å². The van der Waals surface area contributed by atoms with E-state index in [1.165, 1.54) is 10.2 Å². The highest BCUT2D eigenvalue weighted by Crippen LogP contribution is 2.26. The van der Waals surface area contributed by atoms with Crippen LogP contribution < -0.4 is 5.32 Å². The van der Waals surface area contributed by atoms with Gasteiger partial charge in [-0.3, -0.25) is 0 Å². The fourth-order valence-electron chi connectivity index (χ4n) is 2.58. The highest BCUT2D eigenvalue weighted by Gasteiger charge is 2.13. The standard InChI is InChI=1S/C16H14N6/c1-11(12-7-3-2-4-8-12)17-15-13-9-5-6-10-14(13)16-18-20-21-22(16)19-15/h2-11H,1H3,(H,17,19)/t11-/m1/s1. The lowest BCUT2D eigenvalue weighted by atomic mass is 10.1. The molecule has 0 unspecified atom stereocenters. The summed E-state index contributed by atoms with van der Waals surface area (Å²) in [6.07, 6.45) is 0. The molecule has 0 radical (unpaired) electrons. The number of tetrazole rings is 1. The predicted octanol–water partition coefficient (Wildman–Crippen LogP) is 2.85. The van der Waals surface area contributed by atoms with Gasteiger partial charge in [0.1, 0.15) is 0 Å². The summed E-state index contributed by atoms with van der Waals surface area (Å²) in [4.78, 5) is 0. The van der Waals surface area contributed by atoms with Gasteiger partial charge in [-0.05, 0) is 22.9 Å². The summed E-state index contributed by atoms with van der Waals surface area (Å²) in [6, 6.07) is 18.4. The third-order valence-corrected chi connectivity index (χ3v) is 3.72. The second-order valence-electron chi connectivity index (χ2n) is 5.16. The molecule has 22 heavy (non-hydrogen) atoms. The molecule has 0 aliphatic heterocycles. The van der Waals surface area contributed by atoms with Crippen molar-refractivity contribution in [1.29, 1.82) is 0 Å². The minimum Gasteiger partial charge on any atom is -0.362 e. The molecule has 0 amide bonds. The molecular weight excluding hydrogens is 276 g/mol. The van der Waals surface area contributed by atoms with Crippen molar-refractivity contribution < 1.29 is 0 Å². The Labute approximate surface area is 126 Å². The van der Waals surface area contributed by atoms with Crippen molar-refractivity contribution in [2.45, 2.75) is 13.0 Å². The van der Waals surface area contributed by atoms with Gasteiger partial charge < -0.3 is 5.32 Å². The molecule has 2 heterocycles. The second kappa shape index (κ2) is 5.07. The number of aromatic nitrogens is 5. The molecule has 2 aromatic heterocycles. The normalized spacial score (nSPS) is 12.6. The quantitative estimate of drug-likeness (QED) is 0.628. The van der Waals surface area contributed by atoms with Crippen LogP contribution in [0.25, 0.3) is 16.4 Å². The first-order valence-corrected chi connectivity index (χ1v) is 7.11. The summed E-state index contributed by atoms with van der Waals surface area (Å²) in [7, 11) is 0. The minimum atomic E-state index is 0.131. The summed E-state index contributed by atoms with van der Waals surface area (Å²) in [6.45, 7) is 2.11. The summed E-state index contributed by atoms with van der Waals surface area (Å²) >= 11 is 0. The maximum absolute atomic E-state index is 4.50. The zero-order chi connectivity index (χ0) is 14.9. The van der Waals surface area contributed by atoms with Crippen molar-refractivity contribution >= 4 is 22.2 Å². The van der Waals surface area contributed by atoms with Crippen LogP contribution in [0.2, 0.25) is 0 Å². The van der Waals surface area contributed by atoms with E-state index in [4.69, 9.17) is 0 Å². The second-order valence-corrected chi connectivity index (χ2v) is 5.16. The Hall–Kier alpha value is -3.02. The molecule has 6 heteroatoms. The van der Waals surface area contributed by atoms with Crippen molar-refractivity contribution in [1.82, 2.24) is 25.3 Å². The summed E-state index contributed by atoms with van der Waals surface area (Å²) < 4.78 is 1.46. The number of anilines is 1. The number of fused-ring (bicyclic) bond motifs is 3. The van der Waals surface area contributed by atoms with Gasteiger partial charge in [-0.25, -0.2) is 0 Å². The highest BCUT2D eigenvalue weighted by molar-refractivity contribution is 5.99. The zero-order valence-corrected chi connectivity index (χ0v) is 12.0. The predicted molar refractivity (Wildman–Crippen MR) is 84.6 cm³/mol. The topological polar surface area (TPSA) is 68.0 Å². The van der Waals surface area contributed by atoms with Gasteiger partial charge in [-0.2, -0.15) is 0 Å². The zero-order valence-electron chi connectivity index (χ0n) is 12.0. The van der Waals surface area contributed by atoms with Crippen LogP contribution in [0.5, 0.6) is 0 Å². The molecule has 0 spiro atoms. The van der Waals surface area contributed by atoms with Crippen molar-refractivity contribution in [3.63, 3.8) is 0 Å². The van der Waals surface area contributed by atoms with E-state index < -0.39 is 0 Å². The largest absolute Gasteiger partial charge is 0.362 e. The maximum atomic E-state index is 4.50. The van der Waals surface area contributed by atoms with E-state index in [0.717, 1.165) is 16.6 Å². The van der Waals surface area contributed by atoms with Gasteiger partial charge in [0.2, 0.25) is 5.65 Å². The van der Waals surface area contributed by atoms with Gasteiger partial charge in [-0.1, -0.05) is 54.6 Å². The number of hydrogen-bond acceptors (Lipinski definition) is 5. The van der Waals surface area contributed by atoms with E-state index in [9.17, 15) is 0 Å². The van der Waals surface area contributed by atoms with E-state index >= 15 is 0 Å². The van der Waals surface area contributed by atoms with Gasteiger partial charge in [0.15, 0.2) is 5.82 Å². The molecule has 0 aliphatic carbocycles. The van der Waals surface area contributed by atoms with Crippen LogP contribution in [-0.2, 0) is 0 Å².